The first-order chi connectivity index (χ1) is 14.8. The molecular formula is C22H20F2N6O. The number of rotatable bonds is 6. The predicted molar refractivity (Wildman–Crippen MR) is 118 cm³/mol. The van der Waals surface area contributed by atoms with Crippen molar-refractivity contribution >= 4 is 34.9 Å². The summed E-state index contributed by atoms with van der Waals surface area (Å²) in [5.41, 5.74) is 7.34. The molecule has 0 aliphatic carbocycles. The lowest BCUT2D eigenvalue weighted by molar-refractivity contribution is 0.101. The van der Waals surface area contributed by atoms with Crippen molar-refractivity contribution in [2.45, 2.75) is 6.92 Å². The Morgan fingerprint density at radius 3 is 2.58 bits per heavy atom. The van der Waals surface area contributed by atoms with Gasteiger partial charge in [0, 0.05) is 53.8 Å². The van der Waals surface area contributed by atoms with Crippen LogP contribution < -0.4 is 16.4 Å². The molecule has 1 heterocycles. The fourth-order valence-corrected chi connectivity index (χ4v) is 3.11. The zero-order valence-electron chi connectivity index (χ0n) is 16.8. The van der Waals surface area contributed by atoms with E-state index in [2.05, 4.69) is 15.6 Å². The minimum absolute atomic E-state index is 0.0524. The zero-order chi connectivity index (χ0) is 22.7. The molecule has 0 radical (unpaired) electrons. The topological polar surface area (TPSA) is 128 Å². The van der Waals surface area contributed by atoms with E-state index in [9.17, 15) is 13.6 Å². The number of anilines is 3. The highest BCUT2D eigenvalue weighted by Gasteiger charge is 2.23. The number of benzene rings is 2. The molecule has 0 fully saturated rings. The second-order valence-corrected chi connectivity index (χ2v) is 6.72. The van der Waals surface area contributed by atoms with E-state index in [1.807, 2.05) is 6.92 Å². The highest BCUT2D eigenvalue weighted by molar-refractivity contribution is 6.15. The van der Waals surface area contributed by atoms with Gasteiger partial charge in [0.05, 0.1) is 11.3 Å². The maximum Gasteiger partial charge on any atom is 0.261 e. The number of aromatic nitrogens is 1. The number of amides is 1. The number of carbonyl (C=O) groups is 1. The highest BCUT2D eigenvalue weighted by Crippen LogP contribution is 2.26. The van der Waals surface area contributed by atoms with Gasteiger partial charge >= 0.3 is 0 Å². The van der Waals surface area contributed by atoms with Crippen LogP contribution in [0.5, 0.6) is 0 Å². The number of nitrogen functional groups attached to an aromatic ring is 1. The first-order valence-corrected chi connectivity index (χ1v) is 9.19. The van der Waals surface area contributed by atoms with E-state index in [0.717, 1.165) is 11.6 Å². The monoisotopic (exact) mass is 422 g/mol. The second-order valence-electron chi connectivity index (χ2n) is 6.72. The van der Waals surface area contributed by atoms with Crippen molar-refractivity contribution in [3.63, 3.8) is 0 Å². The van der Waals surface area contributed by atoms with Crippen molar-refractivity contribution in [3.8, 4) is 0 Å². The molecule has 0 saturated heterocycles. The minimum atomic E-state index is -1.15. The first kappa shape index (κ1) is 21.6. The van der Waals surface area contributed by atoms with Crippen LogP contribution >= 0.6 is 0 Å². The molecule has 1 amide bonds. The van der Waals surface area contributed by atoms with Crippen molar-refractivity contribution < 1.29 is 13.6 Å². The summed E-state index contributed by atoms with van der Waals surface area (Å²) < 4.78 is 29.1. The fourth-order valence-electron chi connectivity index (χ4n) is 3.11. The fraction of sp³-hybridized carbons (Fsp3) is 0.0909. The van der Waals surface area contributed by atoms with Gasteiger partial charge in [-0.25, -0.2) is 8.78 Å². The zero-order valence-corrected chi connectivity index (χ0v) is 16.8. The molecule has 158 valence electrons. The third-order valence-corrected chi connectivity index (χ3v) is 4.79. The molecule has 0 aliphatic heterocycles. The number of hydrogen-bond acceptors (Lipinski definition) is 6. The third kappa shape index (κ3) is 4.11. The number of aryl methyl sites for hydroxylation is 1. The molecule has 3 aromatic rings. The van der Waals surface area contributed by atoms with Crippen LogP contribution in [0.3, 0.4) is 0 Å². The number of carbonyl (C=O) groups excluding carboxylic acids is 1. The predicted octanol–water partition coefficient (Wildman–Crippen LogP) is 3.96. The van der Waals surface area contributed by atoms with Gasteiger partial charge in [-0.15, -0.1) is 0 Å². The van der Waals surface area contributed by atoms with Gasteiger partial charge in [-0.1, -0.05) is 0 Å². The Kier molecular flexibility index (Phi) is 6.05. The van der Waals surface area contributed by atoms with Crippen molar-refractivity contribution in [2.75, 3.05) is 23.4 Å². The maximum absolute atomic E-state index is 14.7. The molecule has 0 bridgehead atoms. The summed E-state index contributed by atoms with van der Waals surface area (Å²) in [5.74, 6) is -3.24. The summed E-state index contributed by atoms with van der Waals surface area (Å²) >= 11 is 0. The highest BCUT2D eigenvalue weighted by atomic mass is 19.1. The van der Waals surface area contributed by atoms with Crippen LogP contribution in [0.1, 0.15) is 32.6 Å². The molecule has 9 heteroatoms. The van der Waals surface area contributed by atoms with E-state index in [1.165, 1.54) is 31.4 Å². The molecule has 7 nitrogen and oxygen atoms in total. The Hall–Kier alpha value is -4.14. The summed E-state index contributed by atoms with van der Waals surface area (Å²) in [5, 5.41) is 20.9. The van der Waals surface area contributed by atoms with Crippen LogP contribution in [0.2, 0.25) is 0 Å². The first-order valence-electron chi connectivity index (χ1n) is 9.19. The molecule has 0 unspecified atom stereocenters. The van der Waals surface area contributed by atoms with Crippen LogP contribution in [0.25, 0.3) is 0 Å². The Labute approximate surface area is 177 Å². The normalized spacial score (nSPS) is 10.5. The van der Waals surface area contributed by atoms with Crippen LogP contribution in [0, 0.1) is 29.4 Å². The summed E-state index contributed by atoms with van der Waals surface area (Å²) in [6.45, 7) is 1.83. The van der Waals surface area contributed by atoms with Crippen molar-refractivity contribution in [1.82, 2.24) is 4.98 Å². The number of nitrogens with one attached hydrogen (secondary N) is 4. The van der Waals surface area contributed by atoms with E-state index in [1.54, 1.807) is 12.3 Å². The van der Waals surface area contributed by atoms with Gasteiger partial charge in [0.1, 0.15) is 17.2 Å². The van der Waals surface area contributed by atoms with Crippen LogP contribution in [-0.2, 0) is 0 Å². The van der Waals surface area contributed by atoms with E-state index in [-0.39, 0.29) is 22.6 Å². The van der Waals surface area contributed by atoms with Gasteiger partial charge in [0.2, 0.25) is 0 Å². The van der Waals surface area contributed by atoms with E-state index >= 15 is 0 Å². The SMILES string of the molecule is CNc1cc(F)c(C(=O)Nc2ccc(N)c(C(=N)c3cnccc3C)c2)c(F)c1C=N. The Morgan fingerprint density at radius 1 is 1.19 bits per heavy atom. The number of hydrogen-bond donors (Lipinski definition) is 5. The standard InChI is InChI=1S/C22H20F2N6O/c1-11-5-6-29-10-15(11)21(27)13-7-12(3-4-17(13)26)30-22(31)19-16(23)8-18(28-2)14(9-25)20(19)24/h3-10,25,27-28H,26H2,1-2H3,(H,30,31). The molecule has 31 heavy (non-hydrogen) atoms. The summed E-state index contributed by atoms with van der Waals surface area (Å²) in [7, 11) is 1.45. The lowest BCUT2D eigenvalue weighted by Gasteiger charge is -2.14. The quantitative estimate of drug-likeness (QED) is 0.304. The number of nitrogens with zero attached hydrogens (tertiary/aromatic N) is 1. The molecule has 6 N–H and O–H groups in total. The van der Waals surface area contributed by atoms with E-state index in [4.69, 9.17) is 16.6 Å². The number of nitrogens with two attached hydrogens (primary N) is 1. The average molecular weight is 422 g/mol. The second kappa shape index (κ2) is 8.70. The smallest absolute Gasteiger partial charge is 0.261 e. The molecule has 1 aromatic heterocycles. The maximum atomic E-state index is 14.7. The number of halogens is 2. The van der Waals surface area contributed by atoms with Crippen molar-refractivity contribution in [2.24, 2.45) is 0 Å². The molecule has 0 aliphatic rings. The summed E-state index contributed by atoms with van der Waals surface area (Å²) in [6, 6.07) is 7.12. The molecule has 0 atom stereocenters. The Bertz CT molecular complexity index is 1210. The van der Waals surface area contributed by atoms with Gasteiger partial charge in [0.15, 0.2) is 0 Å². The Morgan fingerprint density at radius 2 is 1.94 bits per heavy atom. The van der Waals surface area contributed by atoms with Crippen LogP contribution in [-0.4, -0.2) is 29.9 Å². The lowest BCUT2D eigenvalue weighted by Crippen LogP contribution is -2.18. The molecule has 3 rings (SSSR count). The van der Waals surface area contributed by atoms with E-state index in [0.29, 0.717) is 23.0 Å². The minimum Gasteiger partial charge on any atom is -0.398 e. The van der Waals surface area contributed by atoms with Gasteiger partial charge < -0.3 is 21.8 Å². The number of pyridine rings is 1. The van der Waals surface area contributed by atoms with Crippen molar-refractivity contribution in [1.29, 1.82) is 10.8 Å². The molecule has 2 aromatic carbocycles. The van der Waals surface area contributed by atoms with Crippen LogP contribution in [0.15, 0.2) is 42.7 Å². The lowest BCUT2D eigenvalue weighted by atomic mass is 9.98. The van der Waals surface area contributed by atoms with Gasteiger partial charge in [0.25, 0.3) is 5.91 Å². The van der Waals surface area contributed by atoms with Gasteiger partial charge in [-0.2, -0.15) is 0 Å². The van der Waals surface area contributed by atoms with Gasteiger partial charge in [-0.05, 0) is 42.8 Å². The Balaban J connectivity index is 1.97. The van der Waals surface area contributed by atoms with Gasteiger partial charge in [-0.3, -0.25) is 15.2 Å². The molecule has 0 spiro atoms. The largest absolute Gasteiger partial charge is 0.398 e. The van der Waals surface area contributed by atoms with Crippen molar-refractivity contribution in [3.05, 3.63) is 82.2 Å². The summed E-state index contributed by atoms with van der Waals surface area (Å²) in [6.07, 6.45) is 3.85. The molecule has 0 saturated carbocycles. The molecular weight excluding hydrogens is 402 g/mol. The summed E-state index contributed by atoms with van der Waals surface area (Å²) in [4.78, 5) is 16.7. The third-order valence-electron chi connectivity index (χ3n) is 4.79. The van der Waals surface area contributed by atoms with Crippen LogP contribution in [0.4, 0.5) is 25.8 Å². The van der Waals surface area contributed by atoms with E-state index < -0.39 is 23.1 Å². The average Bonchev–Trinajstić information content (AvgIpc) is 2.74.